The molecular formula is C13H15NO3PdS. The van der Waals surface area contributed by atoms with Gasteiger partial charge < -0.3 is 0 Å². The quantitative estimate of drug-likeness (QED) is 0.498. The summed E-state index contributed by atoms with van der Waals surface area (Å²) < 4.78 is 27.7. The minimum Gasteiger partial charge on any atom is -0.298 e. The van der Waals surface area contributed by atoms with E-state index >= 15 is 0 Å². The fourth-order valence-electron chi connectivity index (χ4n) is 1.97. The van der Waals surface area contributed by atoms with Crippen LogP contribution in [-0.2, 0) is 34.7 Å². The molecule has 19 heavy (non-hydrogen) atoms. The van der Waals surface area contributed by atoms with Gasteiger partial charge in [0, 0.05) is 32.4 Å². The molecule has 0 amide bonds. The predicted molar refractivity (Wildman–Crippen MR) is 71.0 cm³/mol. The van der Waals surface area contributed by atoms with Gasteiger partial charge in [0.25, 0.3) is 10.1 Å². The third kappa shape index (κ3) is 4.10. The fourth-order valence-corrected chi connectivity index (χ4v) is 2.66. The molecule has 0 saturated heterocycles. The molecule has 0 aliphatic heterocycles. The standard InChI is InChI=1S/C13H15NO3S.Pd/c1-18(15,16)17-13(14)10-6-5-9-12(13)11-7-3-2-4-8-11;/h2-9H,10,14H2,1H3;. The molecule has 2 N–H and O–H groups in total. The van der Waals surface area contributed by atoms with Crippen LogP contribution >= 0.6 is 0 Å². The number of allylic oxidation sites excluding steroid dienone is 2. The first-order valence-corrected chi connectivity index (χ1v) is 7.35. The Bertz CT molecular complexity index is 596. The second-order valence-electron chi connectivity index (χ2n) is 4.26. The predicted octanol–water partition coefficient (Wildman–Crippen LogP) is 1.66. The van der Waals surface area contributed by atoms with E-state index in [0.29, 0.717) is 12.0 Å². The Hall–Kier alpha value is -0.768. The molecule has 0 aromatic heterocycles. The van der Waals surface area contributed by atoms with Crippen LogP contribution in [0, 0.1) is 0 Å². The van der Waals surface area contributed by atoms with Crippen molar-refractivity contribution < 1.29 is 33.0 Å². The van der Waals surface area contributed by atoms with Crippen LogP contribution < -0.4 is 5.73 Å². The van der Waals surface area contributed by atoms with Gasteiger partial charge >= 0.3 is 0 Å². The van der Waals surface area contributed by atoms with E-state index in [1.165, 1.54) is 0 Å². The molecule has 4 nitrogen and oxygen atoms in total. The molecular weight excluding hydrogens is 357 g/mol. The summed E-state index contributed by atoms with van der Waals surface area (Å²) in [6.45, 7) is 0. The number of benzene rings is 1. The van der Waals surface area contributed by atoms with Gasteiger partial charge in [-0.25, -0.2) is 4.18 Å². The van der Waals surface area contributed by atoms with Gasteiger partial charge in [-0.05, 0) is 5.56 Å². The van der Waals surface area contributed by atoms with Crippen LogP contribution in [0.1, 0.15) is 12.0 Å². The van der Waals surface area contributed by atoms with Crippen molar-refractivity contribution in [2.45, 2.75) is 12.1 Å². The van der Waals surface area contributed by atoms with Gasteiger partial charge in [0.2, 0.25) is 0 Å². The molecule has 2 rings (SSSR count). The van der Waals surface area contributed by atoms with Crippen LogP contribution in [0.2, 0.25) is 0 Å². The molecule has 0 radical (unpaired) electrons. The third-order valence-electron chi connectivity index (χ3n) is 2.66. The summed E-state index contributed by atoms with van der Waals surface area (Å²) in [5.41, 5.74) is 6.29. The molecule has 1 aliphatic rings. The van der Waals surface area contributed by atoms with Crippen LogP contribution in [0.4, 0.5) is 0 Å². The zero-order valence-corrected chi connectivity index (χ0v) is 12.7. The molecule has 106 valence electrons. The Labute approximate surface area is 127 Å². The molecule has 1 aromatic rings. The smallest absolute Gasteiger partial charge is 0.266 e. The summed E-state index contributed by atoms with van der Waals surface area (Å²) in [6.07, 6.45) is 6.74. The minimum atomic E-state index is -3.62. The summed E-state index contributed by atoms with van der Waals surface area (Å²) in [7, 11) is -3.62. The van der Waals surface area contributed by atoms with Crippen LogP contribution in [0.5, 0.6) is 0 Å². The summed E-state index contributed by atoms with van der Waals surface area (Å²) in [5.74, 6) is 0. The topological polar surface area (TPSA) is 69.4 Å². The first-order valence-electron chi connectivity index (χ1n) is 5.53. The molecule has 6 heteroatoms. The zero-order valence-electron chi connectivity index (χ0n) is 10.4. The maximum atomic E-state index is 11.3. The number of nitrogens with two attached hydrogens (primary N) is 1. The van der Waals surface area contributed by atoms with E-state index in [1.54, 1.807) is 12.2 Å². The first kappa shape index (κ1) is 16.3. The normalized spacial score (nSPS) is 22.5. The van der Waals surface area contributed by atoms with Gasteiger partial charge in [0.05, 0.1) is 6.26 Å². The van der Waals surface area contributed by atoms with Gasteiger partial charge in [-0.15, -0.1) is 0 Å². The van der Waals surface area contributed by atoms with Gasteiger partial charge in [-0.2, -0.15) is 8.42 Å². The van der Waals surface area contributed by atoms with E-state index in [2.05, 4.69) is 0 Å². The van der Waals surface area contributed by atoms with E-state index in [1.807, 2.05) is 36.4 Å². The Morgan fingerprint density at radius 1 is 1.26 bits per heavy atom. The average Bonchev–Trinajstić information content (AvgIpc) is 2.27. The Morgan fingerprint density at radius 2 is 1.89 bits per heavy atom. The molecule has 0 saturated carbocycles. The molecule has 0 spiro atoms. The number of hydrogen-bond acceptors (Lipinski definition) is 4. The SMILES string of the molecule is CS(=O)(=O)OC1(N)CC=CC=C1c1ccccc1.[Pd]. The molecule has 0 bridgehead atoms. The van der Waals surface area contributed by atoms with Crippen LogP contribution in [0.3, 0.4) is 0 Å². The molecule has 0 heterocycles. The van der Waals surface area contributed by atoms with Crippen molar-refractivity contribution in [2.24, 2.45) is 5.73 Å². The van der Waals surface area contributed by atoms with Crippen molar-refractivity contribution in [3.63, 3.8) is 0 Å². The fraction of sp³-hybridized carbons (Fsp3) is 0.231. The third-order valence-corrected chi connectivity index (χ3v) is 3.26. The van der Waals surface area contributed by atoms with E-state index < -0.39 is 15.8 Å². The second kappa shape index (κ2) is 6.12. The average molecular weight is 372 g/mol. The van der Waals surface area contributed by atoms with Crippen LogP contribution in [-0.4, -0.2) is 20.4 Å². The molecule has 1 unspecified atom stereocenters. The largest absolute Gasteiger partial charge is 0.298 e. The van der Waals surface area contributed by atoms with Gasteiger partial charge in [0.15, 0.2) is 5.72 Å². The van der Waals surface area contributed by atoms with Gasteiger partial charge in [0.1, 0.15) is 0 Å². The van der Waals surface area contributed by atoms with Crippen LogP contribution in [0.25, 0.3) is 5.57 Å². The monoisotopic (exact) mass is 371 g/mol. The molecule has 1 atom stereocenters. The van der Waals surface area contributed by atoms with Crippen molar-refractivity contribution in [1.82, 2.24) is 0 Å². The van der Waals surface area contributed by atoms with E-state index in [0.717, 1.165) is 11.8 Å². The maximum Gasteiger partial charge on any atom is 0.266 e. The van der Waals surface area contributed by atoms with E-state index in [4.69, 9.17) is 9.92 Å². The first-order chi connectivity index (χ1) is 8.41. The van der Waals surface area contributed by atoms with Gasteiger partial charge in [-0.3, -0.25) is 5.73 Å². The van der Waals surface area contributed by atoms with Crippen molar-refractivity contribution in [3.8, 4) is 0 Å². The van der Waals surface area contributed by atoms with Crippen molar-refractivity contribution in [2.75, 3.05) is 6.26 Å². The van der Waals surface area contributed by atoms with E-state index in [9.17, 15) is 8.42 Å². The number of hydrogen-bond donors (Lipinski definition) is 1. The zero-order chi connectivity index (χ0) is 13.2. The van der Waals surface area contributed by atoms with E-state index in [-0.39, 0.29) is 20.4 Å². The maximum absolute atomic E-state index is 11.3. The summed E-state index contributed by atoms with van der Waals surface area (Å²) in [4.78, 5) is 0. The summed E-state index contributed by atoms with van der Waals surface area (Å²) in [5, 5.41) is 0. The van der Waals surface area contributed by atoms with Gasteiger partial charge in [-0.1, -0.05) is 48.6 Å². The summed E-state index contributed by atoms with van der Waals surface area (Å²) >= 11 is 0. The van der Waals surface area contributed by atoms with Crippen molar-refractivity contribution >= 4 is 15.7 Å². The van der Waals surface area contributed by atoms with Crippen molar-refractivity contribution in [3.05, 3.63) is 54.1 Å². The minimum absolute atomic E-state index is 0. The Morgan fingerprint density at radius 3 is 2.47 bits per heavy atom. The Kier molecular flexibility index (Phi) is 5.25. The van der Waals surface area contributed by atoms with Crippen molar-refractivity contribution in [1.29, 1.82) is 0 Å². The number of rotatable bonds is 3. The molecule has 0 fully saturated rings. The summed E-state index contributed by atoms with van der Waals surface area (Å²) in [6, 6.07) is 9.37. The Balaban J connectivity index is 0.00000180. The second-order valence-corrected chi connectivity index (χ2v) is 5.83. The van der Waals surface area contributed by atoms with Crippen LogP contribution in [0.15, 0.2) is 48.6 Å². The molecule has 1 aliphatic carbocycles. The molecule has 1 aromatic carbocycles.